The van der Waals surface area contributed by atoms with Crippen molar-refractivity contribution in [3.63, 3.8) is 0 Å². The Labute approximate surface area is 130 Å². The molecular weight excluding hydrogens is 274 g/mol. The molecule has 0 aliphatic heterocycles. The van der Waals surface area contributed by atoms with Crippen molar-refractivity contribution < 1.29 is 0 Å². The molecule has 0 unspecified atom stereocenters. The minimum Gasteiger partial charge on any atom is -0.378 e. The van der Waals surface area contributed by atoms with Crippen LogP contribution in [-0.2, 0) is 20.1 Å². The zero-order valence-corrected chi connectivity index (χ0v) is 13.2. The largest absolute Gasteiger partial charge is 0.378 e. The fourth-order valence-electron chi connectivity index (χ4n) is 2.58. The maximum absolute atomic E-state index is 4.44. The van der Waals surface area contributed by atoms with Crippen LogP contribution in [0.5, 0.6) is 0 Å². The molecule has 0 atom stereocenters. The molecular formula is C17H21N5. The van der Waals surface area contributed by atoms with Gasteiger partial charge in [-0.15, -0.1) is 0 Å². The van der Waals surface area contributed by atoms with Crippen LogP contribution in [0, 0.1) is 13.8 Å². The smallest absolute Gasteiger partial charge is 0.0729 e. The molecule has 0 bridgehead atoms. The summed E-state index contributed by atoms with van der Waals surface area (Å²) in [6.45, 7) is 5.69. The van der Waals surface area contributed by atoms with Crippen molar-refractivity contribution in [1.29, 1.82) is 0 Å². The van der Waals surface area contributed by atoms with Crippen LogP contribution in [0.1, 0.15) is 22.5 Å². The third-order valence-electron chi connectivity index (χ3n) is 3.95. The monoisotopic (exact) mass is 295 g/mol. The van der Waals surface area contributed by atoms with Crippen molar-refractivity contribution in [3.05, 3.63) is 65.2 Å². The van der Waals surface area contributed by atoms with Gasteiger partial charge >= 0.3 is 0 Å². The molecule has 0 fully saturated rings. The van der Waals surface area contributed by atoms with Crippen molar-refractivity contribution in [1.82, 2.24) is 19.6 Å². The van der Waals surface area contributed by atoms with Gasteiger partial charge in [-0.1, -0.05) is 30.3 Å². The highest BCUT2D eigenvalue weighted by Crippen LogP contribution is 2.15. The highest BCUT2D eigenvalue weighted by atomic mass is 15.3. The Hall–Kier alpha value is -2.56. The topological polar surface area (TPSA) is 47.7 Å². The second-order valence-electron chi connectivity index (χ2n) is 5.54. The summed E-state index contributed by atoms with van der Waals surface area (Å²) in [5.74, 6) is 0. The molecule has 0 aliphatic rings. The molecule has 3 rings (SSSR count). The molecule has 0 saturated heterocycles. The van der Waals surface area contributed by atoms with Gasteiger partial charge < -0.3 is 5.32 Å². The van der Waals surface area contributed by atoms with Gasteiger partial charge in [-0.05, 0) is 19.4 Å². The molecule has 5 nitrogen and oxygen atoms in total. The van der Waals surface area contributed by atoms with Crippen molar-refractivity contribution >= 4 is 5.69 Å². The molecule has 0 spiro atoms. The van der Waals surface area contributed by atoms with E-state index in [0.29, 0.717) is 0 Å². The molecule has 1 N–H and O–H groups in total. The Kier molecular flexibility index (Phi) is 3.96. The number of nitrogens with one attached hydrogen (secondary N) is 1. The predicted molar refractivity (Wildman–Crippen MR) is 87.8 cm³/mol. The molecule has 22 heavy (non-hydrogen) atoms. The van der Waals surface area contributed by atoms with Gasteiger partial charge in [-0.3, -0.25) is 9.36 Å². The number of hydrogen-bond acceptors (Lipinski definition) is 3. The average molecular weight is 295 g/mol. The van der Waals surface area contributed by atoms with Gasteiger partial charge in [-0.2, -0.15) is 10.2 Å². The van der Waals surface area contributed by atoms with Gasteiger partial charge in [-0.25, -0.2) is 0 Å². The summed E-state index contributed by atoms with van der Waals surface area (Å²) < 4.78 is 3.87. The van der Waals surface area contributed by atoms with Crippen molar-refractivity contribution in [2.24, 2.45) is 7.05 Å². The maximum atomic E-state index is 4.44. The number of aryl methyl sites for hydroxylation is 2. The van der Waals surface area contributed by atoms with Gasteiger partial charge in [0.15, 0.2) is 0 Å². The van der Waals surface area contributed by atoms with Crippen LogP contribution < -0.4 is 5.32 Å². The Morgan fingerprint density at radius 3 is 2.59 bits per heavy atom. The van der Waals surface area contributed by atoms with Crippen molar-refractivity contribution in [2.45, 2.75) is 26.9 Å². The predicted octanol–water partition coefficient (Wildman–Crippen LogP) is 2.89. The second kappa shape index (κ2) is 6.05. The lowest BCUT2D eigenvalue weighted by atomic mass is 10.2. The lowest BCUT2D eigenvalue weighted by Crippen LogP contribution is -2.02. The Balaban J connectivity index is 1.65. The third-order valence-corrected chi connectivity index (χ3v) is 3.95. The van der Waals surface area contributed by atoms with E-state index >= 15 is 0 Å². The summed E-state index contributed by atoms with van der Waals surface area (Å²) in [5, 5.41) is 12.3. The Bertz CT molecular complexity index is 755. The molecule has 2 aromatic heterocycles. The van der Waals surface area contributed by atoms with E-state index in [9.17, 15) is 0 Å². The van der Waals surface area contributed by atoms with E-state index < -0.39 is 0 Å². The van der Waals surface area contributed by atoms with E-state index in [4.69, 9.17) is 0 Å². The lowest BCUT2D eigenvalue weighted by molar-refractivity contribution is 0.687. The quantitative estimate of drug-likeness (QED) is 0.787. The summed E-state index contributed by atoms with van der Waals surface area (Å²) in [7, 11) is 1.98. The van der Waals surface area contributed by atoms with E-state index in [1.807, 2.05) is 53.9 Å². The minimum atomic E-state index is 0.766. The first-order valence-electron chi connectivity index (χ1n) is 7.43. The van der Waals surface area contributed by atoms with Crippen LogP contribution in [0.2, 0.25) is 0 Å². The lowest BCUT2D eigenvalue weighted by Gasteiger charge is -2.04. The number of hydrogen-bond donors (Lipinski definition) is 1. The first-order valence-corrected chi connectivity index (χ1v) is 7.43. The normalized spacial score (nSPS) is 10.9. The Morgan fingerprint density at radius 1 is 1.14 bits per heavy atom. The van der Waals surface area contributed by atoms with Crippen LogP contribution in [0.15, 0.2) is 42.7 Å². The fraction of sp³-hybridized carbons (Fsp3) is 0.294. The highest BCUT2D eigenvalue weighted by molar-refractivity contribution is 5.40. The van der Waals surface area contributed by atoms with Gasteiger partial charge in [0.1, 0.15) is 0 Å². The van der Waals surface area contributed by atoms with Crippen LogP contribution in [-0.4, -0.2) is 19.6 Å². The molecule has 0 amide bonds. The summed E-state index contributed by atoms with van der Waals surface area (Å²) >= 11 is 0. The van der Waals surface area contributed by atoms with Gasteiger partial charge in [0, 0.05) is 31.0 Å². The molecule has 0 saturated carbocycles. The first-order chi connectivity index (χ1) is 10.6. The molecule has 1 aromatic carbocycles. The maximum Gasteiger partial charge on any atom is 0.0729 e. The second-order valence-corrected chi connectivity index (χ2v) is 5.54. The standard InChI is InChI=1S/C17H21N5/c1-13-17(14(2)21(3)20-13)10-18-16-9-19-22(12-16)11-15-7-5-4-6-8-15/h4-9,12,18H,10-11H2,1-3H3. The number of aromatic nitrogens is 4. The van der Waals surface area contributed by atoms with E-state index in [1.165, 1.54) is 16.8 Å². The van der Waals surface area contributed by atoms with Crippen molar-refractivity contribution in [2.75, 3.05) is 5.32 Å². The van der Waals surface area contributed by atoms with Gasteiger partial charge in [0.2, 0.25) is 0 Å². The number of rotatable bonds is 5. The molecule has 114 valence electrons. The number of anilines is 1. The highest BCUT2D eigenvalue weighted by Gasteiger charge is 2.09. The first kappa shape index (κ1) is 14.4. The summed E-state index contributed by atoms with van der Waals surface area (Å²) in [5.41, 5.74) is 5.79. The molecule has 0 radical (unpaired) electrons. The number of benzene rings is 1. The van der Waals surface area contributed by atoms with E-state index in [-0.39, 0.29) is 0 Å². The van der Waals surface area contributed by atoms with Crippen LogP contribution >= 0.6 is 0 Å². The summed E-state index contributed by atoms with van der Waals surface area (Å²) in [6, 6.07) is 10.3. The van der Waals surface area contributed by atoms with Gasteiger partial charge in [0.25, 0.3) is 0 Å². The number of nitrogens with zero attached hydrogens (tertiary/aromatic N) is 4. The molecule has 0 aliphatic carbocycles. The van der Waals surface area contributed by atoms with Gasteiger partial charge in [0.05, 0.1) is 24.1 Å². The summed E-state index contributed by atoms with van der Waals surface area (Å²) in [6.07, 6.45) is 3.90. The van der Waals surface area contributed by atoms with E-state index in [1.54, 1.807) is 0 Å². The van der Waals surface area contributed by atoms with E-state index in [2.05, 4.69) is 34.6 Å². The molecule has 3 aromatic rings. The minimum absolute atomic E-state index is 0.766. The fourth-order valence-corrected chi connectivity index (χ4v) is 2.58. The van der Waals surface area contributed by atoms with Crippen LogP contribution in [0.25, 0.3) is 0 Å². The average Bonchev–Trinajstić information content (AvgIpc) is 3.04. The Morgan fingerprint density at radius 2 is 1.91 bits per heavy atom. The van der Waals surface area contributed by atoms with Crippen LogP contribution in [0.3, 0.4) is 0 Å². The molecule has 5 heteroatoms. The summed E-state index contributed by atoms with van der Waals surface area (Å²) in [4.78, 5) is 0. The zero-order valence-electron chi connectivity index (χ0n) is 13.2. The SMILES string of the molecule is Cc1nn(C)c(C)c1CNc1cnn(Cc2ccccc2)c1. The zero-order chi connectivity index (χ0) is 15.5. The van der Waals surface area contributed by atoms with Crippen molar-refractivity contribution in [3.8, 4) is 0 Å². The molecule has 2 heterocycles. The van der Waals surface area contributed by atoms with E-state index in [0.717, 1.165) is 24.5 Å². The van der Waals surface area contributed by atoms with Crippen LogP contribution in [0.4, 0.5) is 5.69 Å². The third kappa shape index (κ3) is 3.03.